The number of rotatable bonds is 3. The molecule has 15 heavy (non-hydrogen) atoms. The Morgan fingerprint density at radius 1 is 1.40 bits per heavy atom. The smallest absolute Gasteiger partial charge is 0.0513 e. The maximum absolute atomic E-state index is 8.34. The zero-order valence-corrected chi connectivity index (χ0v) is 8.58. The molecule has 0 aliphatic carbocycles. The van der Waals surface area contributed by atoms with Crippen molar-refractivity contribution in [3.05, 3.63) is 46.3 Å². The average molecular weight is 202 g/mol. The minimum atomic E-state index is 0.165. The summed E-state index contributed by atoms with van der Waals surface area (Å²) in [5, 5.41) is 3.75. The van der Waals surface area contributed by atoms with Crippen molar-refractivity contribution in [1.82, 2.24) is 4.90 Å². The molecule has 0 aromatic heterocycles. The van der Waals surface area contributed by atoms with Crippen LogP contribution in [0.5, 0.6) is 0 Å². The monoisotopic (exact) mass is 202 g/mol. The molecule has 0 spiro atoms. The summed E-state index contributed by atoms with van der Waals surface area (Å²) in [6.07, 6.45) is 0.983. The summed E-state index contributed by atoms with van der Waals surface area (Å²) in [5.41, 5.74) is 9.66. The summed E-state index contributed by atoms with van der Waals surface area (Å²) in [6.45, 7) is 2.87. The first kappa shape index (κ1) is 10.0. The average Bonchev–Trinajstić information content (AvgIpc) is 2.68. The summed E-state index contributed by atoms with van der Waals surface area (Å²) in [7, 11) is 0. The number of likely N-dealkylation sites (tertiary alicyclic amines) is 1. The number of hydrogen-bond donors (Lipinski definition) is 0. The van der Waals surface area contributed by atoms with Gasteiger partial charge >= 0.3 is 0 Å². The molecule has 78 valence electrons. The van der Waals surface area contributed by atoms with E-state index in [9.17, 15) is 0 Å². The van der Waals surface area contributed by atoms with Gasteiger partial charge in [0.05, 0.1) is 6.04 Å². The van der Waals surface area contributed by atoms with Gasteiger partial charge in [-0.2, -0.15) is 0 Å². The highest BCUT2D eigenvalue weighted by molar-refractivity contribution is 5.14. The SMILES string of the molecule is [N-]=[N+]=N[C@@H]1CCN(Cc2ccccc2)C1. The quantitative estimate of drug-likeness (QED) is 0.422. The van der Waals surface area contributed by atoms with Crippen molar-refractivity contribution in [3.8, 4) is 0 Å². The van der Waals surface area contributed by atoms with E-state index in [1.54, 1.807) is 0 Å². The Morgan fingerprint density at radius 2 is 2.20 bits per heavy atom. The van der Waals surface area contributed by atoms with Crippen LogP contribution in [0.25, 0.3) is 10.4 Å². The highest BCUT2D eigenvalue weighted by Gasteiger charge is 2.20. The second-order valence-corrected chi connectivity index (χ2v) is 3.87. The summed E-state index contributed by atoms with van der Waals surface area (Å²) < 4.78 is 0. The van der Waals surface area contributed by atoms with E-state index in [1.165, 1.54) is 5.56 Å². The molecule has 1 heterocycles. The van der Waals surface area contributed by atoms with E-state index in [0.29, 0.717) is 0 Å². The maximum Gasteiger partial charge on any atom is 0.0513 e. The third-order valence-electron chi connectivity index (χ3n) is 2.71. The van der Waals surface area contributed by atoms with Crippen LogP contribution in [-0.4, -0.2) is 24.0 Å². The third kappa shape index (κ3) is 2.72. The van der Waals surface area contributed by atoms with Crippen molar-refractivity contribution >= 4 is 0 Å². The third-order valence-corrected chi connectivity index (χ3v) is 2.71. The molecular weight excluding hydrogens is 188 g/mol. The number of benzene rings is 1. The van der Waals surface area contributed by atoms with Gasteiger partial charge in [-0.05, 0) is 24.1 Å². The van der Waals surface area contributed by atoms with E-state index >= 15 is 0 Å². The lowest BCUT2D eigenvalue weighted by Gasteiger charge is -2.14. The van der Waals surface area contributed by atoms with Crippen LogP contribution in [0, 0.1) is 0 Å². The fourth-order valence-electron chi connectivity index (χ4n) is 1.96. The first-order valence-corrected chi connectivity index (χ1v) is 5.19. The molecule has 1 aromatic rings. The Labute approximate surface area is 89.1 Å². The molecule has 1 aliphatic heterocycles. The van der Waals surface area contributed by atoms with Crippen LogP contribution in [0.4, 0.5) is 0 Å². The molecule has 0 amide bonds. The molecule has 1 fully saturated rings. The molecule has 0 saturated carbocycles. The second-order valence-electron chi connectivity index (χ2n) is 3.87. The molecule has 0 N–H and O–H groups in total. The fourth-order valence-corrected chi connectivity index (χ4v) is 1.96. The van der Waals surface area contributed by atoms with Crippen LogP contribution in [-0.2, 0) is 6.54 Å². The molecule has 1 atom stereocenters. The lowest BCUT2D eigenvalue weighted by Crippen LogP contribution is -2.20. The molecule has 1 aromatic carbocycles. The first-order chi connectivity index (χ1) is 7.38. The Bertz CT molecular complexity index is 356. The Hall–Kier alpha value is -1.51. The van der Waals surface area contributed by atoms with Gasteiger partial charge in [-0.3, -0.25) is 4.90 Å². The normalized spacial score (nSPS) is 21.2. The Kier molecular flexibility index (Phi) is 3.22. The van der Waals surface area contributed by atoms with E-state index < -0.39 is 0 Å². The van der Waals surface area contributed by atoms with Gasteiger partial charge in [0.1, 0.15) is 0 Å². The number of nitrogens with zero attached hydrogens (tertiary/aromatic N) is 4. The molecule has 1 aliphatic rings. The van der Waals surface area contributed by atoms with E-state index in [-0.39, 0.29) is 6.04 Å². The molecule has 4 heteroatoms. The van der Waals surface area contributed by atoms with Crippen molar-refractivity contribution in [2.75, 3.05) is 13.1 Å². The Balaban J connectivity index is 1.90. The molecule has 1 saturated heterocycles. The van der Waals surface area contributed by atoms with Crippen LogP contribution >= 0.6 is 0 Å². The molecule has 0 radical (unpaired) electrons. The van der Waals surface area contributed by atoms with Gasteiger partial charge in [0.25, 0.3) is 0 Å². The summed E-state index contributed by atoms with van der Waals surface area (Å²) in [4.78, 5) is 5.19. The van der Waals surface area contributed by atoms with Gasteiger partial charge < -0.3 is 0 Å². The van der Waals surface area contributed by atoms with Crippen molar-refractivity contribution in [1.29, 1.82) is 0 Å². The van der Waals surface area contributed by atoms with Crippen LogP contribution in [0.2, 0.25) is 0 Å². The van der Waals surface area contributed by atoms with Gasteiger partial charge in [-0.1, -0.05) is 35.4 Å². The van der Waals surface area contributed by atoms with Gasteiger partial charge in [-0.15, -0.1) is 0 Å². The van der Waals surface area contributed by atoms with E-state index in [2.05, 4.69) is 39.2 Å². The van der Waals surface area contributed by atoms with Crippen LogP contribution in [0.3, 0.4) is 0 Å². The largest absolute Gasteiger partial charge is 0.299 e. The lowest BCUT2D eigenvalue weighted by atomic mass is 10.2. The van der Waals surface area contributed by atoms with Crippen molar-refractivity contribution in [3.63, 3.8) is 0 Å². The Morgan fingerprint density at radius 3 is 2.93 bits per heavy atom. The molecule has 0 unspecified atom stereocenters. The lowest BCUT2D eigenvalue weighted by molar-refractivity contribution is 0.327. The first-order valence-electron chi connectivity index (χ1n) is 5.19. The molecule has 4 nitrogen and oxygen atoms in total. The summed E-state index contributed by atoms with van der Waals surface area (Å²) >= 11 is 0. The molecule has 2 rings (SSSR count). The number of hydrogen-bond acceptors (Lipinski definition) is 2. The summed E-state index contributed by atoms with van der Waals surface area (Å²) in [5.74, 6) is 0. The van der Waals surface area contributed by atoms with E-state index in [0.717, 1.165) is 26.1 Å². The van der Waals surface area contributed by atoms with Gasteiger partial charge in [0, 0.05) is 18.0 Å². The fraction of sp³-hybridized carbons (Fsp3) is 0.455. The summed E-state index contributed by atoms with van der Waals surface area (Å²) in [6, 6.07) is 10.5. The van der Waals surface area contributed by atoms with Crippen LogP contribution in [0.15, 0.2) is 35.4 Å². The molecular formula is C11H14N4. The van der Waals surface area contributed by atoms with Gasteiger partial charge in [0.2, 0.25) is 0 Å². The number of azide groups is 1. The highest BCUT2D eigenvalue weighted by atomic mass is 15.2. The minimum absolute atomic E-state index is 0.165. The minimum Gasteiger partial charge on any atom is -0.299 e. The molecule has 0 bridgehead atoms. The van der Waals surface area contributed by atoms with Gasteiger partial charge in [0.15, 0.2) is 0 Å². The topological polar surface area (TPSA) is 52.0 Å². The van der Waals surface area contributed by atoms with Crippen molar-refractivity contribution in [2.24, 2.45) is 5.11 Å². The standard InChI is InChI=1S/C11H14N4/c12-14-13-11-6-7-15(9-11)8-10-4-2-1-3-5-10/h1-5,11H,6-9H2/t11-/m1/s1. The van der Waals surface area contributed by atoms with Crippen LogP contribution in [0.1, 0.15) is 12.0 Å². The van der Waals surface area contributed by atoms with Crippen molar-refractivity contribution in [2.45, 2.75) is 19.0 Å². The zero-order valence-electron chi connectivity index (χ0n) is 8.58. The van der Waals surface area contributed by atoms with Gasteiger partial charge in [-0.25, -0.2) is 0 Å². The zero-order chi connectivity index (χ0) is 10.5. The van der Waals surface area contributed by atoms with E-state index in [4.69, 9.17) is 5.53 Å². The van der Waals surface area contributed by atoms with Crippen LogP contribution < -0.4 is 0 Å². The van der Waals surface area contributed by atoms with Crippen molar-refractivity contribution < 1.29 is 0 Å². The predicted molar refractivity (Wildman–Crippen MR) is 59.3 cm³/mol. The second kappa shape index (κ2) is 4.82. The van der Waals surface area contributed by atoms with E-state index in [1.807, 2.05) is 6.07 Å². The predicted octanol–water partition coefficient (Wildman–Crippen LogP) is 2.57. The highest BCUT2D eigenvalue weighted by Crippen LogP contribution is 2.15. The maximum atomic E-state index is 8.34.